The highest BCUT2D eigenvalue weighted by Crippen LogP contribution is 2.31. The Bertz CT molecular complexity index is 426. The minimum Gasteiger partial charge on any atom is -0.389 e. The number of methoxy groups -OCH3 is 1. The predicted octanol–water partition coefficient (Wildman–Crippen LogP) is 1.79. The maximum Gasteiger partial charge on any atom is 0.182 e. The average molecular weight is 299 g/mol. The monoisotopic (exact) mass is 299 g/mol. The molecule has 1 aromatic rings. The lowest BCUT2D eigenvalue weighted by Gasteiger charge is -2.43. The highest BCUT2D eigenvalue weighted by molar-refractivity contribution is 7.13. The van der Waals surface area contributed by atoms with Gasteiger partial charge in [-0.3, -0.25) is 4.90 Å². The number of rotatable bonds is 6. The van der Waals surface area contributed by atoms with Gasteiger partial charge < -0.3 is 15.2 Å². The number of piperidine rings is 1. The molecule has 0 spiro atoms. The molecule has 2 atom stereocenters. The zero-order valence-corrected chi connectivity index (χ0v) is 13.4. The molecule has 2 N–H and O–H groups in total. The minimum absolute atomic E-state index is 0.258. The summed E-state index contributed by atoms with van der Waals surface area (Å²) in [4.78, 5) is 6.89. The highest BCUT2D eigenvalue weighted by Gasteiger charge is 2.38. The molecule has 2 heterocycles. The van der Waals surface area contributed by atoms with E-state index in [2.05, 4.69) is 27.5 Å². The van der Waals surface area contributed by atoms with Crippen molar-refractivity contribution in [2.24, 2.45) is 5.92 Å². The molecule has 0 unspecified atom stereocenters. The number of anilines is 1. The van der Waals surface area contributed by atoms with E-state index in [1.807, 2.05) is 7.05 Å². The third kappa shape index (κ3) is 3.69. The summed E-state index contributed by atoms with van der Waals surface area (Å²) in [5.74, 6) is 0.258. The Morgan fingerprint density at radius 2 is 2.45 bits per heavy atom. The normalized spacial score (nSPS) is 27.7. The van der Waals surface area contributed by atoms with Crippen molar-refractivity contribution in [3.8, 4) is 0 Å². The Kier molecular flexibility index (Phi) is 5.37. The molecule has 6 heteroatoms. The standard InChI is InChI=1S/C14H25N3O2S/c1-11-8-17(6-4-14(11,18)5-7-19-3)9-12-10-20-13(15-2)16-12/h10-11,18H,4-9H2,1-3H3,(H,15,16)/t11-,14-/m1/s1. The van der Waals surface area contributed by atoms with Crippen molar-refractivity contribution in [1.82, 2.24) is 9.88 Å². The molecule has 1 aromatic heterocycles. The molecule has 0 saturated carbocycles. The number of thiazole rings is 1. The molecule has 0 aliphatic carbocycles. The van der Waals surface area contributed by atoms with E-state index < -0.39 is 5.60 Å². The first-order valence-corrected chi connectivity index (χ1v) is 8.01. The molecule has 1 aliphatic rings. The van der Waals surface area contributed by atoms with Crippen molar-refractivity contribution < 1.29 is 9.84 Å². The van der Waals surface area contributed by atoms with Gasteiger partial charge in [0, 0.05) is 45.8 Å². The summed E-state index contributed by atoms with van der Waals surface area (Å²) < 4.78 is 5.11. The van der Waals surface area contributed by atoms with Crippen LogP contribution >= 0.6 is 11.3 Å². The lowest BCUT2D eigenvalue weighted by molar-refractivity contribution is -0.0828. The fraction of sp³-hybridized carbons (Fsp3) is 0.786. The lowest BCUT2D eigenvalue weighted by Crippen LogP contribution is -2.51. The van der Waals surface area contributed by atoms with Crippen molar-refractivity contribution >= 4 is 16.5 Å². The summed E-state index contributed by atoms with van der Waals surface area (Å²) >= 11 is 1.64. The van der Waals surface area contributed by atoms with Crippen LogP contribution in [0, 0.1) is 5.92 Å². The molecule has 5 nitrogen and oxygen atoms in total. The molecule has 0 bridgehead atoms. The van der Waals surface area contributed by atoms with E-state index in [9.17, 15) is 5.11 Å². The summed E-state index contributed by atoms with van der Waals surface area (Å²) in [6.07, 6.45) is 1.53. The molecule has 0 amide bonds. The highest BCUT2D eigenvalue weighted by atomic mass is 32.1. The summed E-state index contributed by atoms with van der Waals surface area (Å²) in [7, 11) is 3.58. The summed E-state index contributed by atoms with van der Waals surface area (Å²) in [6, 6.07) is 0. The van der Waals surface area contributed by atoms with Crippen LogP contribution in [0.25, 0.3) is 0 Å². The van der Waals surface area contributed by atoms with Crippen molar-refractivity contribution in [2.75, 3.05) is 39.2 Å². The van der Waals surface area contributed by atoms with Gasteiger partial charge in [-0.2, -0.15) is 0 Å². The SMILES string of the molecule is CNc1nc(CN2CC[C@@](O)(CCOC)[C@H](C)C2)cs1. The van der Waals surface area contributed by atoms with Crippen LogP contribution in [0.2, 0.25) is 0 Å². The molecular formula is C14H25N3O2S. The second kappa shape index (κ2) is 6.85. The second-order valence-corrected chi connectivity index (χ2v) is 6.48. The Hall–Kier alpha value is -0.690. The summed E-state index contributed by atoms with van der Waals surface area (Å²) in [6.45, 7) is 5.44. The first-order chi connectivity index (χ1) is 9.57. The minimum atomic E-state index is -0.579. The van der Waals surface area contributed by atoms with E-state index in [-0.39, 0.29) is 5.92 Å². The van der Waals surface area contributed by atoms with Gasteiger partial charge >= 0.3 is 0 Å². The first-order valence-electron chi connectivity index (χ1n) is 7.13. The predicted molar refractivity (Wildman–Crippen MR) is 82.2 cm³/mol. The van der Waals surface area contributed by atoms with Crippen molar-refractivity contribution in [3.05, 3.63) is 11.1 Å². The van der Waals surface area contributed by atoms with Crippen molar-refractivity contribution in [2.45, 2.75) is 31.9 Å². The second-order valence-electron chi connectivity index (χ2n) is 5.63. The third-order valence-corrected chi connectivity index (χ3v) is 5.11. The van der Waals surface area contributed by atoms with Crippen LogP contribution in [-0.2, 0) is 11.3 Å². The number of aliphatic hydroxyl groups is 1. The largest absolute Gasteiger partial charge is 0.389 e. The summed E-state index contributed by atoms with van der Waals surface area (Å²) in [5.41, 5.74) is 0.527. The van der Waals surface area contributed by atoms with Crippen LogP contribution in [-0.4, -0.2) is 54.4 Å². The van der Waals surface area contributed by atoms with Gasteiger partial charge in [0.1, 0.15) is 0 Å². The fourth-order valence-electron chi connectivity index (χ4n) is 2.76. The smallest absolute Gasteiger partial charge is 0.182 e. The molecule has 1 saturated heterocycles. The van der Waals surface area contributed by atoms with Crippen molar-refractivity contribution in [1.29, 1.82) is 0 Å². The fourth-order valence-corrected chi connectivity index (χ4v) is 3.43. The van der Waals surface area contributed by atoms with Gasteiger partial charge in [-0.25, -0.2) is 4.98 Å². The molecule has 2 rings (SSSR count). The van der Waals surface area contributed by atoms with Gasteiger partial charge in [-0.15, -0.1) is 11.3 Å². The van der Waals surface area contributed by atoms with Gasteiger partial charge in [-0.05, 0) is 18.8 Å². The van der Waals surface area contributed by atoms with Crippen molar-refractivity contribution in [3.63, 3.8) is 0 Å². The maximum absolute atomic E-state index is 10.7. The number of likely N-dealkylation sites (tertiary alicyclic amines) is 1. The molecular weight excluding hydrogens is 274 g/mol. The van der Waals surface area contributed by atoms with Gasteiger partial charge in [-0.1, -0.05) is 6.92 Å². The summed E-state index contributed by atoms with van der Waals surface area (Å²) in [5, 5.41) is 16.8. The van der Waals surface area contributed by atoms with Crippen LogP contribution in [0.4, 0.5) is 5.13 Å². The van der Waals surface area contributed by atoms with E-state index in [4.69, 9.17) is 4.74 Å². The van der Waals surface area contributed by atoms with Gasteiger partial charge in [0.2, 0.25) is 0 Å². The Labute approximate surface area is 125 Å². The molecule has 0 aromatic carbocycles. The third-order valence-electron chi connectivity index (χ3n) is 4.20. The zero-order valence-electron chi connectivity index (χ0n) is 12.6. The Morgan fingerprint density at radius 3 is 3.05 bits per heavy atom. The Morgan fingerprint density at radius 1 is 1.65 bits per heavy atom. The quantitative estimate of drug-likeness (QED) is 0.839. The number of ether oxygens (including phenoxy) is 1. The molecule has 1 aliphatic heterocycles. The van der Waals surface area contributed by atoms with Crippen LogP contribution in [0.15, 0.2) is 5.38 Å². The van der Waals surface area contributed by atoms with Gasteiger partial charge in [0.25, 0.3) is 0 Å². The average Bonchev–Trinajstić information content (AvgIpc) is 2.89. The molecule has 114 valence electrons. The number of hydrogen-bond acceptors (Lipinski definition) is 6. The number of hydrogen-bond donors (Lipinski definition) is 2. The van der Waals surface area contributed by atoms with E-state index in [0.29, 0.717) is 6.61 Å². The number of aromatic nitrogens is 1. The first kappa shape index (κ1) is 15.7. The van der Waals surface area contributed by atoms with E-state index >= 15 is 0 Å². The van der Waals surface area contributed by atoms with Crippen LogP contribution in [0.1, 0.15) is 25.5 Å². The maximum atomic E-state index is 10.7. The van der Waals surface area contributed by atoms with E-state index in [1.54, 1.807) is 18.4 Å². The zero-order chi connectivity index (χ0) is 14.6. The molecule has 20 heavy (non-hydrogen) atoms. The van der Waals surface area contributed by atoms with Crippen LogP contribution in [0.5, 0.6) is 0 Å². The van der Waals surface area contributed by atoms with Gasteiger partial charge in [0.05, 0.1) is 11.3 Å². The topological polar surface area (TPSA) is 57.6 Å². The van der Waals surface area contributed by atoms with E-state index in [0.717, 1.165) is 43.3 Å². The number of nitrogens with one attached hydrogen (secondary N) is 1. The van der Waals surface area contributed by atoms with Gasteiger partial charge in [0.15, 0.2) is 5.13 Å². The molecule has 0 radical (unpaired) electrons. The number of nitrogens with zero attached hydrogens (tertiary/aromatic N) is 2. The van der Waals surface area contributed by atoms with Crippen LogP contribution in [0.3, 0.4) is 0 Å². The van der Waals surface area contributed by atoms with Crippen LogP contribution < -0.4 is 5.32 Å². The lowest BCUT2D eigenvalue weighted by atomic mass is 9.80. The molecule has 1 fully saturated rings. The van der Waals surface area contributed by atoms with E-state index in [1.165, 1.54) is 0 Å². The Balaban J connectivity index is 1.88.